The summed E-state index contributed by atoms with van der Waals surface area (Å²) in [7, 11) is 0. The molecule has 94 valence electrons. The molecule has 0 bridgehead atoms. The molecule has 0 saturated heterocycles. The number of pyridine rings is 1. The molecule has 1 aromatic carbocycles. The summed E-state index contributed by atoms with van der Waals surface area (Å²) in [5, 5.41) is 12.3. The number of nitrogens with one attached hydrogen (secondary N) is 1. The van der Waals surface area contributed by atoms with Gasteiger partial charge in [-0.2, -0.15) is 5.26 Å². The Balaban J connectivity index is 1.66. The van der Waals surface area contributed by atoms with Gasteiger partial charge in [-0.15, -0.1) is 0 Å². The van der Waals surface area contributed by atoms with E-state index in [4.69, 9.17) is 5.26 Å². The van der Waals surface area contributed by atoms with E-state index in [9.17, 15) is 0 Å². The number of nitriles is 1. The fraction of sp³-hybridized carbons (Fsp3) is 0.250. The predicted octanol–water partition coefficient (Wildman–Crippen LogP) is 2.73. The Labute approximate surface area is 112 Å². The maximum Gasteiger partial charge on any atom is 0.0991 e. The second-order valence-corrected chi connectivity index (χ2v) is 4.83. The summed E-state index contributed by atoms with van der Waals surface area (Å²) in [5.74, 6) is 0. The minimum Gasteiger partial charge on any atom is -0.304 e. The van der Waals surface area contributed by atoms with Crippen LogP contribution in [0.3, 0.4) is 0 Å². The Morgan fingerprint density at radius 1 is 1.26 bits per heavy atom. The highest BCUT2D eigenvalue weighted by Gasteiger charge is 2.22. The van der Waals surface area contributed by atoms with Crippen LogP contribution in [0.4, 0.5) is 0 Å². The van der Waals surface area contributed by atoms with Gasteiger partial charge >= 0.3 is 0 Å². The first-order chi connectivity index (χ1) is 9.36. The van der Waals surface area contributed by atoms with Crippen molar-refractivity contribution in [3.05, 3.63) is 65.0 Å². The molecule has 1 aliphatic carbocycles. The van der Waals surface area contributed by atoms with Crippen molar-refractivity contribution in [1.82, 2.24) is 10.3 Å². The fourth-order valence-corrected chi connectivity index (χ4v) is 2.55. The van der Waals surface area contributed by atoms with Crippen LogP contribution in [0, 0.1) is 11.3 Å². The molecule has 0 amide bonds. The Morgan fingerprint density at radius 3 is 2.89 bits per heavy atom. The maximum absolute atomic E-state index is 8.77. The summed E-state index contributed by atoms with van der Waals surface area (Å²) < 4.78 is 0. The van der Waals surface area contributed by atoms with Gasteiger partial charge in [-0.1, -0.05) is 18.2 Å². The molecular weight excluding hydrogens is 234 g/mol. The predicted molar refractivity (Wildman–Crippen MR) is 73.3 cm³/mol. The molecule has 0 fully saturated rings. The minimum absolute atomic E-state index is 0.354. The van der Waals surface area contributed by atoms with Crippen molar-refractivity contribution in [2.24, 2.45) is 0 Å². The van der Waals surface area contributed by atoms with Crippen LogP contribution in [-0.2, 0) is 13.0 Å². The largest absolute Gasteiger partial charge is 0.304 e. The van der Waals surface area contributed by atoms with Crippen LogP contribution in [-0.4, -0.2) is 4.98 Å². The smallest absolute Gasteiger partial charge is 0.0991 e. The normalized spacial score (nSPS) is 16.9. The molecule has 1 N–H and O–H groups in total. The van der Waals surface area contributed by atoms with Gasteiger partial charge in [-0.05, 0) is 42.2 Å². The first-order valence-electron chi connectivity index (χ1n) is 6.53. The van der Waals surface area contributed by atoms with E-state index in [1.807, 2.05) is 36.5 Å². The van der Waals surface area contributed by atoms with Crippen molar-refractivity contribution in [3.63, 3.8) is 0 Å². The topological polar surface area (TPSA) is 48.7 Å². The maximum atomic E-state index is 8.77. The van der Waals surface area contributed by atoms with Crippen molar-refractivity contribution in [2.45, 2.75) is 25.4 Å². The lowest BCUT2D eigenvalue weighted by molar-refractivity contribution is 0.521. The standard InChI is InChI=1S/C16H15N3/c17-10-12-3-5-13(6-4-12)11-19-15-8-7-14-2-1-9-18-16(14)15/h1-6,9,15,19H,7-8,11H2. The van der Waals surface area contributed by atoms with Crippen LogP contribution in [0.5, 0.6) is 0 Å². The third-order valence-corrected chi connectivity index (χ3v) is 3.59. The van der Waals surface area contributed by atoms with E-state index in [1.54, 1.807) is 0 Å². The molecule has 1 heterocycles. The average molecular weight is 249 g/mol. The van der Waals surface area contributed by atoms with Crippen LogP contribution in [0.2, 0.25) is 0 Å². The highest BCUT2D eigenvalue weighted by Crippen LogP contribution is 2.28. The van der Waals surface area contributed by atoms with Gasteiger partial charge in [0, 0.05) is 12.7 Å². The zero-order chi connectivity index (χ0) is 13.1. The number of benzene rings is 1. The highest BCUT2D eigenvalue weighted by atomic mass is 14.9. The molecule has 19 heavy (non-hydrogen) atoms. The van der Waals surface area contributed by atoms with Gasteiger partial charge in [-0.25, -0.2) is 0 Å². The first kappa shape index (κ1) is 11.9. The molecular formula is C16H15N3. The number of fused-ring (bicyclic) bond motifs is 1. The van der Waals surface area contributed by atoms with Crippen LogP contribution < -0.4 is 5.32 Å². The van der Waals surface area contributed by atoms with Gasteiger partial charge in [0.05, 0.1) is 23.4 Å². The quantitative estimate of drug-likeness (QED) is 0.910. The Hall–Kier alpha value is -2.18. The second-order valence-electron chi connectivity index (χ2n) is 4.83. The van der Waals surface area contributed by atoms with Crippen molar-refractivity contribution < 1.29 is 0 Å². The second kappa shape index (κ2) is 5.21. The number of aryl methyl sites for hydroxylation is 1. The Bertz CT molecular complexity index is 611. The van der Waals surface area contributed by atoms with Gasteiger partial charge in [0.2, 0.25) is 0 Å². The van der Waals surface area contributed by atoms with Gasteiger partial charge in [0.1, 0.15) is 0 Å². The molecule has 1 atom stereocenters. The lowest BCUT2D eigenvalue weighted by Crippen LogP contribution is -2.19. The van der Waals surface area contributed by atoms with Crippen LogP contribution in [0.15, 0.2) is 42.6 Å². The molecule has 1 unspecified atom stereocenters. The zero-order valence-electron chi connectivity index (χ0n) is 10.6. The number of aromatic nitrogens is 1. The first-order valence-corrected chi connectivity index (χ1v) is 6.53. The molecule has 3 heteroatoms. The molecule has 0 saturated carbocycles. The molecule has 0 spiro atoms. The van der Waals surface area contributed by atoms with Crippen LogP contribution in [0.25, 0.3) is 0 Å². The lowest BCUT2D eigenvalue weighted by atomic mass is 10.1. The van der Waals surface area contributed by atoms with Gasteiger partial charge < -0.3 is 5.32 Å². The van der Waals surface area contributed by atoms with Gasteiger partial charge in [0.15, 0.2) is 0 Å². The van der Waals surface area contributed by atoms with E-state index >= 15 is 0 Å². The van der Waals surface area contributed by atoms with E-state index in [-0.39, 0.29) is 0 Å². The molecule has 2 aromatic rings. The monoisotopic (exact) mass is 249 g/mol. The third-order valence-electron chi connectivity index (χ3n) is 3.59. The Kier molecular flexibility index (Phi) is 3.26. The van der Waals surface area contributed by atoms with E-state index < -0.39 is 0 Å². The summed E-state index contributed by atoms with van der Waals surface area (Å²) in [5.41, 5.74) is 4.45. The molecule has 3 nitrogen and oxygen atoms in total. The summed E-state index contributed by atoms with van der Waals surface area (Å²) in [4.78, 5) is 4.47. The van der Waals surface area contributed by atoms with Gasteiger partial charge in [-0.3, -0.25) is 4.98 Å². The molecule has 3 rings (SSSR count). The van der Waals surface area contributed by atoms with Crippen LogP contribution >= 0.6 is 0 Å². The number of hydrogen-bond acceptors (Lipinski definition) is 3. The summed E-state index contributed by atoms with van der Waals surface area (Å²) in [6.07, 6.45) is 4.08. The molecule has 0 radical (unpaired) electrons. The fourth-order valence-electron chi connectivity index (χ4n) is 2.55. The Morgan fingerprint density at radius 2 is 2.11 bits per heavy atom. The van der Waals surface area contributed by atoms with E-state index in [1.165, 1.54) is 16.8 Å². The number of nitrogens with zero attached hydrogens (tertiary/aromatic N) is 2. The average Bonchev–Trinajstić information content (AvgIpc) is 2.89. The van der Waals surface area contributed by atoms with Crippen molar-refractivity contribution in [3.8, 4) is 6.07 Å². The summed E-state index contributed by atoms with van der Waals surface area (Å²) in [6.45, 7) is 0.812. The lowest BCUT2D eigenvalue weighted by Gasteiger charge is -2.13. The summed E-state index contributed by atoms with van der Waals surface area (Å²) in [6, 6.07) is 14.4. The minimum atomic E-state index is 0.354. The van der Waals surface area contributed by atoms with E-state index in [0.29, 0.717) is 11.6 Å². The van der Waals surface area contributed by atoms with Crippen molar-refractivity contribution in [1.29, 1.82) is 5.26 Å². The van der Waals surface area contributed by atoms with Crippen molar-refractivity contribution >= 4 is 0 Å². The number of hydrogen-bond donors (Lipinski definition) is 1. The molecule has 1 aromatic heterocycles. The summed E-state index contributed by atoms with van der Waals surface area (Å²) >= 11 is 0. The SMILES string of the molecule is N#Cc1ccc(CNC2CCc3cccnc32)cc1. The molecule has 1 aliphatic rings. The van der Waals surface area contributed by atoms with Gasteiger partial charge in [0.25, 0.3) is 0 Å². The third kappa shape index (κ3) is 2.49. The van der Waals surface area contributed by atoms with Crippen LogP contribution in [0.1, 0.15) is 34.8 Å². The molecule has 0 aliphatic heterocycles. The van der Waals surface area contributed by atoms with Crippen molar-refractivity contribution in [2.75, 3.05) is 0 Å². The van der Waals surface area contributed by atoms with E-state index in [0.717, 1.165) is 19.4 Å². The van der Waals surface area contributed by atoms with E-state index in [2.05, 4.69) is 22.4 Å². The number of rotatable bonds is 3. The zero-order valence-corrected chi connectivity index (χ0v) is 10.6. The highest BCUT2D eigenvalue weighted by molar-refractivity contribution is 5.32.